The van der Waals surface area contributed by atoms with Crippen molar-refractivity contribution in [2.75, 3.05) is 0 Å². The van der Waals surface area contributed by atoms with E-state index >= 15 is 0 Å². The van der Waals surface area contributed by atoms with E-state index in [-0.39, 0.29) is 12.2 Å². The van der Waals surface area contributed by atoms with Gasteiger partial charge >= 0.3 is 0 Å². The molecule has 126 valence electrons. The van der Waals surface area contributed by atoms with E-state index in [1.165, 1.54) is 44.2 Å². The van der Waals surface area contributed by atoms with E-state index in [9.17, 15) is 8.78 Å². The highest BCUT2D eigenvalue weighted by Gasteiger charge is 2.18. The number of unbranched alkanes of at least 4 members (excludes halogenated alkanes) is 6. The SMILES string of the molecule is CCCCCCCCCC(OC(C)C)c1ccc(F)cc1F. The summed E-state index contributed by atoms with van der Waals surface area (Å²) >= 11 is 0. The van der Waals surface area contributed by atoms with Crippen molar-refractivity contribution in [3.63, 3.8) is 0 Å². The van der Waals surface area contributed by atoms with E-state index in [2.05, 4.69) is 6.92 Å². The lowest BCUT2D eigenvalue weighted by molar-refractivity contribution is -0.00160. The Morgan fingerprint density at radius 3 is 2.18 bits per heavy atom. The second-order valence-corrected chi connectivity index (χ2v) is 6.25. The second-order valence-electron chi connectivity index (χ2n) is 6.25. The van der Waals surface area contributed by atoms with E-state index in [1.807, 2.05) is 13.8 Å². The molecule has 0 saturated carbocycles. The maximum atomic E-state index is 13.9. The Morgan fingerprint density at radius 2 is 1.59 bits per heavy atom. The summed E-state index contributed by atoms with van der Waals surface area (Å²) in [4.78, 5) is 0. The molecule has 1 aromatic rings. The van der Waals surface area contributed by atoms with Crippen LogP contribution >= 0.6 is 0 Å². The first-order valence-electron chi connectivity index (χ1n) is 8.65. The largest absolute Gasteiger partial charge is 0.371 e. The molecule has 0 heterocycles. The molecule has 0 aliphatic carbocycles. The lowest BCUT2D eigenvalue weighted by Crippen LogP contribution is -2.12. The van der Waals surface area contributed by atoms with Crippen LogP contribution in [0.3, 0.4) is 0 Å². The molecule has 22 heavy (non-hydrogen) atoms. The van der Waals surface area contributed by atoms with Crippen LogP contribution in [-0.2, 0) is 4.74 Å². The summed E-state index contributed by atoms with van der Waals surface area (Å²) in [7, 11) is 0. The predicted molar refractivity (Wildman–Crippen MR) is 87.9 cm³/mol. The lowest BCUT2D eigenvalue weighted by Gasteiger charge is -2.21. The first-order chi connectivity index (χ1) is 10.5. The Hall–Kier alpha value is -0.960. The highest BCUT2D eigenvalue weighted by atomic mass is 19.1. The smallest absolute Gasteiger partial charge is 0.131 e. The number of hydrogen-bond acceptors (Lipinski definition) is 1. The van der Waals surface area contributed by atoms with Gasteiger partial charge in [0.25, 0.3) is 0 Å². The molecular weight excluding hydrogens is 282 g/mol. The average Bonchev–Trinajstić information content (AvgIpc) is 2.45. The van der Waals surface area contributed by atoms with Gasteiger partial charge in [0.05, 0.1) is 12.2 Å². The minimum Gasteiger partial charge on any atom is -0.371 e. The van der Waals surface area contributed by atoms with E-state index in [0.717, 1.165) is 25.3 Å². The molecule has 1 atom stereocenters. The molecular formula is C19H30F2O. The maximum Gasteiger partial charge on any atom is 0.131 e. The summed E-state index contributed by atoms with van der Waals surface area (Å²) in [5, 5.41) is 0. The summed E-state index contributed by atoms with van der Waals surface area (Å²) in [5.74, 6) is -1.05. The van der Waals surface area contributed by atoms with Gasteiger partial charge in [-0.25, -0.2) is 8.78 Å². The summed E-state index contributed by atoms with van der Waals surface area (Å²) in [6, 6.07) is 3.76. The molecule has 0 aliphatic heterocycles. The van der Waals surface area contributed by atoms with Gasteiger partial charge in [-0.15, -0.1) is 0 Å². The second kappa shape index (κ2) is 10.7. The number of benzene rings is 1. The summed E-state index contributed by atoms with van der Waals surface area (Å²) in [6.07, 6.45) is 9.05. The zero-order valence-electron chi connectivity index (χ0n) is 14.2. The molecule has 1 unspecified atom stereocenters. The van der Waals surface area contributed by atoms with E-state index in [0.29, 0.717) is 5.56 Å². The Bertz CT molecular complexity index is 418. The molecule has 0 spiro atoms. The third-order valence-corrected chi connectivity index (χ3v) is 3.82. The van der Waals surface area contributed by atoms with E-state index in [1.54, 1.807) is 0 Å². The monoisotopic (exact) mass is 312 g/mol. The van der Waals surface area contributed by atoms with Gasteiger partial charge in [-0.05, 0) is 26.3 Å². The van der Waals surface area contributed by atoms with Crippen molar-refractivity contribution in [1.82, 2.24) is 0 Å². The van der Waals surface area contributed by atoms with E-state index in [4.69, 9.17) is 4.74 Å². The molecule has 0 aromatic heterocycles. The van der Waals surface area contributed by atoms with Gasteiger partial charge < -0.3 is 4.74 Å². The molecule has 0 fully saturated rings. The fraction of sp³-hybridized carbons (Fsp3) is 0.684. The molecule has 0 amide bonds. The van der Waals surface area contributed by atoms with Gasteiger partial charge in [0, 0.05) is 11.6 Å². The highest BCUT2D eigenvalue weighted by Crippen LogP contribution is 2.28. The van der Waals surface area contributed by atoms with Gasteiger partial charge in [0.15, 0.2) is 0 Å². The van der Waals surface area contributed by atoms with Gasteiger partial charge in [-0.3, -0.25) is 0 Å². The Morgan fingerprint density at radius 1 is 0.955 bits per heavy atom. The van der Waals surface area contributed by atoms with Crippen LogP contribution in [0.1, 0.15) is 83.8 Å². The van der Waals surface area contributed by atoms with Crippen LogP contribution in [0.2, 0.25) is 0 Å². The van der Waals surface area contributed by atoms with Crippen LogP contribution in [0.15, 0.2) is 18.2 Å². The molecule has 0 aliphatic rings. The molecule has 0 bridgehead atoms. The molecule has 3 heteroatoms. The molecule has 0 N–H and O–H groups in total. The normalized spacial score (nSPS) is 12.8. The fourth-order valence-corrected chi connectivity index (χ4v) is 2.67. The van der Waals surface area contributed by atoms with Crippen LogP contribution in [0, 0.1) is 11.6 Å². The van der Waals surface area contributed by atoms with Crippen LogP contribution in [0.5, 0.6) is 0 Å². The van der Waals surface area contributed by atoms with Crippen molar-refractivity contribution >= 4 is 0 Å². The number of ether oxygens (including phenoxy) is 1. The molecule has 1 nitrogen and oxygen atoms in total. The average molecular weight is 312 g/mol. The van der Waals surface area contributed by atoms with Gasteiger partial charge in [-0.1, -0.05) is 57.9 Å². The number of hydrogen-bond donors (Lipinski definition) is 0. The van der Waals surface area contributed by atoms with Crippen molar-refractivity contribution in [2.45, 2.75) is 84.3 Å². The third-order valence-electron chi connectivity index (χ3n) is 3.82. The van der Waals surface area contributed by atoms with Crippen molar-refractivity contribution in [3.8, 4) is 0 Å². The Kier molecular flexibility index (Phi) is 9.30. The van der Waals surface area contributed by atoms with Crippen LogP contribution in [0.25, 0.3) is 0 Å². The molecule has 1 aromatic carbocycles. The number of rotatable bonds is 11. The minimum atomic E-state index is -0.541. The minimum absolute atomic E-state index is 0.0269. The first kappa shape index (κ1) is 19.1. The van der Waals surface area contributed by atoms with Crippen molar-refractivity contribution in [1.29, 1.82) is 0 Å². The van der Waals surface area contributed by atoms with Crippen LogP contribution in [0.4, 0.5) is 8.78 Å². The predicted octanol–water partition coefficient (Wildman–Crippen LogP) is 6.57. The highest BCUT2D eigenvalue weighted by molar-refractivity contribution is 5.21. The van der Waals surface area contributed by atoms with Crippen molar-refractivity contribution in [2.24, 2.45) is 0 Å². The fourth-order valence-electron chi connectivity index (χ4n) is 2.67. The maximum absolute atomic E-state index is 13.9. The summed E-state index contributed by atoms with van der Waals surface area (Å²) in [6.45, 7) is 6.10. The summed E-state index contributed by atoms with van der Waals surface area (Å²) < 4.78 is 32.8. The summed E-state index contributed by atoms with van der Waals surface area (Å²) in [5.41, 5.74) is 0.473. The van der Waals surface area contributed by atoms with Crippen LogP contribution < -0.4 is 0 Å². The number of halogens is 2. The lowest BCUT2D eigenvalue weighted by atomic mass is 10.0. The standard InChI is InChI=1S/C19H30F2O/c1-4-5-6-7-8-9-10-11-19(22-15(2)3)17-13-12-16(20)14-18(17)21/h12-15,19H,4-11H2,1-3H3. The van der Waals surface area contributed by atoms with Crippen molar-refractivity contribution < 1.29 is 13.5 Å². The Labute approximate surface area is 134 Å². The van der Waals surface area contributed by atoms with E-state index < -0.39 is 11.6 Å². The Balaban J connectivity index is 2.47. The zero-order valence-corrected chi connectivity index (χ0v) is 14.2. The van der Waals surface area contributed by atoms with Gasteiger partial charge in [-0.2, -0.15) is 0 Å². The quantitative estimate of drug-likeness (QED) is 0.420. The van der Waals surface area contributed by atoms with Crippen LogP contribution in [-0.4, -0.2) is 6.10 Å². The first-order valence-corrected chi connectivity index (χ1v) is 8.65. The third kappa shape index (κ3) is 7.35. The zero-order chi connectivity index (χ0) is 16.4. The molecule has 0 radical (unpaired) electrons. The van der Waals surface area contributed by atoms with Gasteiger partial charge in [0.1, 0.15) is 11.6 Å². The topological polar surface area (TPSA) is 9.23 Å². The molecule has 1 rings (SSSR count). The molecule has 0 saturated heterocycles. The van der Waals surface area contributed by atoms with Gasteiger partial charge in [0.2, 0.25) is 0 Å². The van der Waals surface area contributed by atoms with Crippen molar-refractivity contribution in [3.05, 3.63) is 35.4 Å².